The standard InChI is InChI=1S/C16H22F3NO2/c1-10-6-14(7-11(2)22-10)20-9-15(21)12-4-3-5-13(8-12)16(17,18)19/h3-5,8,10-11,14-15,20-21H,6-7,9H2,1-2H3. The normalized spacial score (nSPS) is 27.6. The van der Waals surface area contributed by atoms with Crippen LogP contribution in [-0.4, -0.2) is 29.9 Å². The predicted molar refractivity (Wildman–Crippen MR) is 77.4 cm³/mol. The zero-order valence-electron chi connectivity index (χ0n) is 12.7. The van der Waals surface area contributed by atoms with Gasteiger partial charge in [-0.1, -0.05) is 12.1 Å². The van der Waals surface area contributed by atoms with Crippen molar-refractivity contribution in [3.8, 4) is 0 Å². The van der Waals surface area contributed by atoms with E-state index in [1.807, 2.05) is 13.8 Å². The first kappa shape index (κ1) is 17.2. The van der Waals surface area contributed by atoms with Crippen LogP contribution in [0.15, 0.2) is 24.3 Å². The lowest BCUT2D eigenvalue weighted by Crippen LogP contribution is -2.42. The molecule has 0 saturated carbocycles. The monoisotopic (exact) mass is 317 g/mol. The van der Waals surface area contributed by atoms with Crippen molar-refractivity contribution in [2.45, 2.75) is 57.2 Å². The summed E-state index contributed by atoms with van der Waals surface area (Å²) >= 11 is 0. The third-order valence-corrected chi connectivity index (χ3v) is 3.90. The second-order valence-electron chi connectivity index (χ2n) is 5.97. The highest BCUT2D eigenvalue weighted by molar-refractivity contribution is 5.27. The molecule has 3 unspecified atom stereocenters. The van der Waals surface area contributed by atoms with Crippen LogP contribution in [0.25, 0.3) is 0 Å². The molecule has 1 heterocycles. The highest BCUT2D eigenvalue weighted by Gasteiger charge is 2.31. The van der Waals surface area contributed by atoms with Crippen LogP contribution in [0.3, 0.4) is 0 Å². The van der Waals surface area contributed by atoms with Gasteiger partial charge in [0.25, 0.3) is 0 Å². The van der Waals surface area contributed by atoms with Gasteiger partial charge in [0.05, 0.1) is 23.9 Å². The minimum Gasteiger partial charge on any atom is -0.387 e. The molecule has 0 aromatic heterocycles. The van der Waals surface area contributed by atoms with Crippen LogP contribution < -0.4 is 5.32 Å². The highest BCUT2D eigenvalue weighted by atomic mass is 19.4. The Morgan fingerprint density at radius 2 is 1.91 bits per heavy atom. The first-order valence-corrected chi connectivity index (χ1v) is 7.49. The van der Waals surface area contributed by atoms with Gasteiger partial charge in [-0.3, -0.25) is 0 Å². The molecule has 1 aliphatic rings. The molecular weight excluding hydrogens is 295 g/mol. The summed E-state index contributed by atoms with van der Waals surface area (Å²) in [4.78, 5) is 0. The molecule has 0 bridgehead atoms. The summed E-state index contributed by atoms with van der Waals surface area (Å²) in [5.41, 5.74) is -0.465. The first-order chi connectivity index (χ1) is 10.3. The van der Waals surface area contributed by atoms with Gasteiger partial charge < -0.3 is 15.2 Å². The van der Waals surface area contributed by atoms with E-state index in [1.165, 1.54) is 12.1 Å². The predicted octanol–water partition coefficient (Wildman–Crippen LogP) is 3.28. The van der Waals surface area contributed by atoms with Gasteiger partial charge in [0.1, 0.15) is 0 Å². The van der Waals surface area contributed by atoms with Crippen molar-refractivity contribution in [3.63, 3.8) is 0 Å². The molecule has 6 heteroatoms. The molecule has 3 atom stereocenters. The molecule has 1 saturated heterocycles. The fraction of sp³-hybridized carbons (Fsp3) is 0.625. The van der Waals surface area contributed by atoms with E-state index >= 15 is 0 Å². The van der Waals surface area contributed by atoms with Crippen molar-refractivity contribution in [1.29, 1.82) is 0 Å². The molecule has 1 aromatic carbocycles. The summed E-state index contributed by atoms with van der Waals surface area (Å²) in [5, 5.41) is 13.3. The number of nitrogens with one attached hydrogen (secondary N) is 1. The maximum absolute atomic E-state index is 12.7. The van der Waals surface area contributed by atoms with Crippen LogP contribution in [-0.2, 0) is 10.9 Å². The average molecular weight is 317 g/mol. The molecule has 124 valence electrons. The number of hydrogen-bond acceptors (Lipinski definition) is 3. The zero-order chi connectivity index (χ0) is 16.3. The zero-order valence-corrected chi connectivity index (χ0v) is 12.7. The number of aliphatic hydroxyl groups is 1. The molecule has 1 aromatic rings. The number of benzene rings is 1. The maximum atomic E-state index is 12.7. The maximum Gasteiger partial charge on any atom is 0.416 e. The second-order valence-corrected chi connectivity index (χ2v) is 5.97. The van der Waals surface area contributed by atoms with E-state index in [-0.39, 0.29) is 30.4 Å². The van der Waals surface area contributed by atoms with Gasteiger partial charge in [0.15, 0.2) is 0 Å². The number of alkyl halides is 3. The van der Waals surface area contributed by atoms with Crippen molar-refractivity contribution >= 4 is 0 Å². The van der Waals surface area contributed by atoms with E-state index in [9.17, 15) is 18.3 Å². The fourth-order valence-corrected chi connectivity index (χ4v) is 2.89. The van der Waals surface area contributed by atoms with Gasteiger partial charge in [-0.15, -0.1) is 0 Å². The summed E-state index contributed by atoms with van der Waals surface area (Å²) in [7, 11) is 0. The second kappa shape index (κ2) is 6.98. The molecule has 2 rings (SSSR count). The van der Waals surface area contributed by atoms with E-state index in [1.54, 1.807) is 0 Å². The summed E-state index contributed by atoms with van der Waals surface area (Å²) in [6, 6.07) is 5.04. The molecule has 0 aliphatic carbocycles. The quantitative estimate of drug-likeness (QED) is 0.895. The number of aliphatic hydroxyl groups excluding tert-OH is 1. The largest absolute Gasteiger partial charge is 0.416 e. The fourth-order valence-electron chi connectivity index (χ4n) is 2.89. The van der Waals surface area contributed by atoms with Crippen molar-refractivity contribution in [1.82, 2.24) is 5.32 Å². The van der Waals surface area contributed by atoms with E-state index in [2.05, 4.69) is 5.32 Å². The Hall–Kier alpha value is -1.11. The molecule has 0 amide bonds. The van der Waals surface area contributed by atoms with Crippen LogP contribution in [0, 0.1) is 0 Å². The lowest BCUT2D eigenvalue weighted by atomic mass is 9.99. The van der Waals surface area contributed by atoms with Gasteiger partial charge >= 0.3 is 6.18 Å². The van der Waals surface area contributed by atoms with Crippen molar-refractivity contribution in [3.05, 3.63) is 35.4 Å². The van der Waals surface area contributed by atoms with Gasteiger partial charge in [-0.2, -0.15) is 13.2 Å². The Morgan fingerprint density at radius 1 is 1.27 bits per heavy atom. The Balaban J connectivity index is 1.93. The number of ether oxygens (including phenoxy) is 1. The third-order valence-electron chi connectivity index (χ3n) is 3.90. The summed E-state index contributed by atoms with van der Waals surface area (Å²) in [6.45, 7) is 4.21. The highest BCUT2D eigenvalue weighted by Crippen LogP contribution is 2.30. The van der Waals surface area contributed by atoms with E-state index in [0.29, 0.717) is 0 Å². The van der Waals surface area contributed by atoms with Crippen molar-refractivity contribution < 1.29 is 23.0 Å². The van der Waals surface area contributed by atoms with Crippen molar-refractivity contribution in [2.75, 3.05) is 6.54 Å². The molecule has 1 aliphatic heterocycles. The number of halogens is 3. The van der Waals surface area contributed by atoms with Gasteiger partial charge in [0.2, 0.25) is 0 Å². The van der Waals surface area contributed by atoms with Gasteiger partial charge in [0, 0.05) is 12.6 Å². The van der Waals surface area contributed by atoms with Crippen LogP contribution in [0.5, 0.6) is 0 Å². The lowest BCUT2D eigenvalue weighted by molar-refractivity contribution is -0.137. The number of rotatable bonds is 4. The Labute approximate surface area is 128 Å². The summed E-state index contributed by atoms with van der Waals surface area (Å²) < 4.78 is 43.7. The number of hydrogen-bond donors (Lipinski definition) is 2. The van der Waals surface area contributed by atoms with Crippen LogP contribution in [0.4, 0.5) is 13.2 Å². The SMILES string of the molecule is CC1CC(NCC(O)c2cccc(C(F)(F)F)c2)CC(C)O1. The summed E-state index contributed by atoms with van der Waals surface area (Å²) in [5.74, 6) is 0. The molecule has 0 spiro atoms. The van der Waals surface area contributed by atoms with Crippen LogP contribution >= 0.6 is 0 Å². The lowest BCUT2D eigenvalue weighted by Gasteiger charge is -2.33. The van der Waals surface area contributed by atoms with Crippen LogP contribution in [0.2, 0.25) is 0 Å². The molecule has 1 fully saturated rings. The van der Waals surface area contributed by atoms with E-state index in [0.717, 1.165) is 25.0 Å². The molecule has 3 nitrogen and oxygen atoms in total. The Bertz CT molecular complexity index is 483. The molecular formula is C16H22F3NO2. The minimum absolute atomic E-state index is 0.145. The van der Waals surface area contributed by atoms with E-state index in [4.69, 9.17) is 4.74 Å². The van der Waals surface area contributed by atoms with Crippen molar-refractivity contribution in [2.24, 2.45) is 0 Å². The molecule has 2 N–H and O–H groups in total. The first-order valence-electron chi connectivity index (χ1n) is 7.49. The third kappa shape index (κ3) is 4.69. The molecule has 22 heavy (non-hydrogen) atoms. The topological polar surface area (TPSA) is 41.5 Å². The van der Waals surface area contributed by atoms with Gasteiger partial charge in [-0.25, -0.2) is 0 Å². The van der Waals surface area contributed by atoms with Crippen LogP contribution in [0.1, 0.15) is 43.9 Å². The minimum atomic E-state index is -4.39. The molecule has 0 radical (unpaired) electrons. The Kier molecular flexibility index (Phi) is 5.47. The van der Waals surface area contributed by atoms with Gasteiger partial charge in [-0.05, 0) is 44.4 Å². The van der Waals surface area contributed by atoms with E-state index < -0.39 is 17.8 Å². The smallest absolute Gasteiger partial charge is 0.387 e. The Morgan fingerprint density at radius 3 is 2.50 bits per heavy atom. The summed E-state index contributed by atoms with van der Waals surface area (Å²) in [6.07, 6.45) is -3.40. The average Bonchev–Trinajstić information content (AvgIpc) is 2.43.